The van der Waals surface area contributed by atoms with Gasteiger partial charge in [-0.15, -0.1) is 5.10 Å². The maximum Gasteiger partial charge on any atom is 0.230 e. The van der Waals surface area contributed by atoms with Crippen LogP contribution in [-0.4, -0.2) is 40.0 Å². The highest BCUT2D eigenvalue weighted by atomic mass is 79.9. The Morgan fingerprint density at radius 1 is 1.14 bits per heavy atom. The van der Waals surface area contributed by atoms with Crippen LogP contribution in [0.25, 0.3) is 11.4 Å². The molecule has 8 heteroatoms. The predicted octanol–water partition coefficient (Wildman–Crippen LogP) is 4.05. The number of aromatic amines is 1. The van der Waals surface area contributed by atoms with Crippen molar-refractivity contribution in [1.29, 1.82) is 0 Å². The van der Waals surface area contributed by atoms with Gasteiger partial charge < -0.3 is 10.1 Å². The summed E-state index contributed by atoms with van der Waals surface area (Å²) in [6, 6.07) is 17.8. The first-order chi connectivity index (χ1) is 13.7. The zero-order valence-corrected chi connectivity index (χ0v) is 17.6. The number of halogens is 1. The van der Waals surface area contributed by atoms with Crippen molar-refractivity contribution in [2.75, 3.05) is 18.9 Å². The molecule has 0 aliphatic heterocycles. The van der Waals surface area contributed by atoms with E-state index in [9.17, 15) is 4.79 Å². The van der Waals surface area contributed by atoms with Crippen LogP contribution in [-0.2, 0) is 16.1 Å². The zero-order valence-electron chi connectivity index (χ0n) is 15.2. The molecular weight excluding hydrogens is 440 g/mol. The van der Waals surface area contributed by atoms with Crippen LogP contribution in [0.2, 0.25) is 0 Å². The van der Waals surface area contributed by atoms with E-state index in [1.165, 1.54) is 11.8 Å². The number of aromatic nitrogens is 3. The third kappa shape index (κ3) is 6.78. The molecule has 1 aromatic heterocycles. The maximum absolute atomic E-state index is 11.9. The molecule has 1 amide bonds. The largest absolute Gasteiger partial charge is 0.377 e. The Kier molecular flexibility index (Phi) is 8.07. The SMILES string of the molecule is O=C(CSc1n[nH]c(-c2ccc(Br)cc2)n1)NCCCOCc1ccccc1. The Morgan fingerprint density at radius 3 is 2.71 bits per heavy atom. The van der Waals surface area contributed by atoms with Crippen molar-refractivity contribution in [3.05, 3.63) is 64.6 Å². The summed E-state index contributed by atoms with van der Waals surface area (Å²) in [5.74, 6) is 0.928. The second-order valence-corrected chi connectivity index (χ2v) is 7.86. The fourth-order valence-electron chi connectivity index (χ4n) is 2.40. The number of H-pyrrole nitrogens is 1. The van der Waals surface area contributed by atoms with E-state index in [2.05, 4.69) is 36.4 Å². The first kappa shape index (κ1) is 20.6. The number of thioether (sulfide) groups is 1. The summed E-state index contributed by atoms with van der Waals surface area (Å²) in [7, 11) is 0. The summed E-state index contributed by atoms with van der Waals surface area (Å²) in [6.45, 7) is 1.79. The highest BCUT2D eigenvalue weighted by molar-refractivity contribution is 9.10. The molecule has 28 heavy (non-hydrogen) atoms. The average molecular weight is 461 g/mol. The maximum atomic E-state index is 11.9. The molecule has 0 unspecified atom stereocenters. The number of hydrogen-bond acceptors (Lipinski definition) is 5. The first-order valence-electron chi connectivity index (χ1n) is 8.90. The van der Waals surface area contributed by atoms with Gasteiger partial charge in [0.1, 0.15) is 0 Å². The summed E-state index contributed by atoms with van der Waals surface area (Å²) in [4.78, 5) is 16.4. The standard InChI is InChI=1S/C20H21BrN4O2S/c21-17-9-7-16(8-10-17)19-23-20(25-24-19)28-14-18(26)22-11-4-12-27-13-15-5-2-1-3-6-15/h1-3,5-10H,4,11-14H2,(H,22,26)(H,23,24,25). The van der Waals surface area contributed by atoms with Gasteiger partial charge >= 0.3 is 0 Å². The van der Waals surface area contributed by atoms with E-state index in [0.29, 0.717) is 30.7 Å². The van der Waals surface area contributed by atoms with Gasteiger partial charge in [-0.25, -0.2) is 4.98 Å². The fourth-order valence-corrected chi connectivity index (χ4v) is 3.29. The van der Waals surface area contributed by atoms with E-state index in [0.717, 1.165) is 22.0 Å². The lowest BCUT2D eigenvalue weighted by Gasteiger charge is -2.06. The molecule has 0 spiro atoms. The lowest BCUT2D eigenvalue weighted by atomic mass is 10.2. The van der Waals surface area contributed by atoms with Crippen molar-refractivity contribution >= 4 is 33.6 Å². The molecule has 0 fully saturated rings. The molecule has 2 N–H and O–H groups in total. The molecule has 0 saturated heterocycles. The van der Waals surface area contributed by atoms with Crippen molar-refractivity contribution in [1.82, 2.24) is 20.5 Å². The second kappa shape index (κ2) is 11.0. The van der Waals surface area contributed by atoms with E-state index in [4.69, 9.17) is 4.74 Å². The molecule has 3 aromatic rings. The summed E-state index contributed by atoms with van der Waals surface area (Å²) < 4.78 is 6.61. The molecule has 0 saturated carbocycles. The summed E-state index contributed by atoms with van der Waals surface area (Å²) in [5.41, 5.74) is 2.10. The van der Waals surface area contributed by atoms with Crippen molar-refractivity contribution in [3.8, 4) is 11.4 Å². The van der Waals surface area contributed by atoms with E-state index in [-0.39, 0.29) is 11.7 Å². The van der Waals surface area contributed by atoms with Crippen molar-refractivity contribution in [3.63, 3.8) is 0 Å². The number of carbonyl (C=O) groups is 1. The van der Waals surface area contributed by atoms with E-state index >= 15 is 0 Å². The third-order valence-corrected chi connectivity index (χ3v) is 5.19. The van der Waals surface area contributed by atoms with Gasteiger partial charge in [-0.05, 0) is 24.1 Å². The summed E-state index contributed by atoms with van der Waals surface area (Å²) >= 11 is 4.71. The predicted molar refractivity (Wildman–Crippen MR) is 114 cm³/mol. The normalized spacial score (nSPS) is 10.8. The highest BCUT2D eigenvalue weighted by Crippen LogP contribution is 2.21. The fraction of sp³-hybridized carbons (Fsp3) is 0.250. The number of benzene rings is 2. The van der Waals surface area contributed by atoms with Gasteiger partial charge in [-0.1, -0.05) is 70.2 Å². The number of hydrogen-bond donors (Lipinski definition) is 2. The lowest BCUT2D eigenvalue weighted by molar-refractivity contribution is -0.118. The van der Waals surface area contributed by atoms with Gasteiger partial charge in [0.2, 0.25) is 11.1 Å². The monoisotopic (exact) mass is 460 g/mol. The molecule has 146 valence electrons. The molecule has 1 heterocycles. The molecule has 0 aliphatic carbocycles. The average Bonchev–Trinajstić information content (AvgIpc) is 3.19. The molecular formula is C20H21BrN4O2S. The molecule has 0 atom stereocenters. The van der Waals surface area contributed by atoms with Crippen LogP contribution in [0, 0.1) is 0 Å². The van der Waals surface area contributed by atoms with Crippen molar-refractivity contribution in [2.24, 2.45) is 0 Å². The quantitative estimate of drug-likeness (QED) is 0.352. The Labute approximate surface area is 176 Å². The molecule has 3 rings (SSSR count). The molecule has 6 nitrogen and oxygen atoms in total. The number of rotatable bonds is 10. The smallest absolute Gasteiger partial charge is 0.230 e. The van der Waals surface area contributed by atoms with Crippen LogP contribution >= 0.6 is 27.7 Å². The highest BCUT2D eigenvalue weighted by Gasteiger charge is 2.09. The van der Waals surface area contributed by atoms with Gasteiger partial charge in [0.25, 0.3) is 0 Å². The number of amides is 1. The Bertz CT molecular complexity index is 871. The Balaban J connectivity index is 1.30. The number of carbonyl (C=O) groups excluding carboxylic acids is 1. The van der Waals surface area contributed by atoms with Gasteiger partial charge in [0, 0.05) is 23.2 Å². The molecule has 0 aliphatic rings. The van der Waals surface area contributed by atoms with Crippen LogP contribution in [0.5, 0.6) is 0 Å². The number of nitrogens with zero attached hydrogens (tertiary/aromatic N) is 2. The van der Waals surface area contributed by atoms with Crippen LogP contribution in [0.3, 0.4) is 0 Å². The van der Waals surface area contributed by atoms with E-state index < -0.39 is 0 Å². The minimum atomic E-state index is -0.0388. The second-order valence-electron chi connectivity index (χ2n) is 6.00. The molecule has 2 aromatic carbocycles. The summed E-state index contributed by atoms with van der Waals surface area (Å²) in [6.07, 6.45) is 0.775. The number of ether oxygens (including phenoxy) is 1. The Hall–Kier alpha value is -2.16. The first-order valence-corrected chi connectivity index (χ1v) is 10.7. The van der Waals surface area contributed by atoms with Crippen LogP contribution in [0.4, 0.5) is 0 Å². The zero-order chi connectivity index (χ0) is 19.6. The van der Waals surface area contributed by atoms with Gasteiger partial charge in [-0.3, -0.25) is 9.89 Å². The lowest BCUT2D eigenvalue weighted by Crippen LogP contribution is -2.26. The van der Waals surface area contributed by atoms with E-state index in [1.54, 1.807) is 0 Å². The molecule has 0 bridgehead atoms. The topological polar surface area (TPSA) is 79.9 Å². The van der Waals surface area contributed by atoms with Crippen LogP contribution < -0.4 is 5.32 Å². The molecule has 0 radical (unpaired) electrons. The van der Waals surface area contributed by atoms with Crippen molar-refractivity contribution < 1.29 is 9.53 Å². The van der Waals surface area contributed by atoms with Crippen LogP contribution in [0.1, 0.15) is 12.0 Å². The third-order valence-electron chi connectivity index (χ3n) is 3.81. The van der Waals surface area contributed by atoms with Gasteiger partial charge in [-0.2, -0.15) is 0 Å². The van der Waals surface area contributed by atoms with Crippen LogP contribution in [0.15, 0.2) is 64.2 Å². The summed E-state index contributed by atoms with van der Waals surface area (Å²) in [5, 5.41) is 10.5. The van der Waals surface area contributed by atoms with Gasteiger partial charge in [0.05, 0.1) is 12.4 Å². The van der Waals surface area contributed by atoms with Crippen molar-refractivity contribution in [2.45, 2.75) is 18.2 Å². The minimum Gasteiger partial charge on any atom is -0.377 e. The van der Waals surface area contributed by atoms with Gasteiger partial charge in [0.15, 0.2) is 5.82 Å². The minimum absolute atomic E-state index is 0.0388. The van der Waals surface area contributed by atoms with E-state index in [1.807, 2.05) is 54.6 Å². The Morgan fingerprint density at radius 2 is 1.93 bits per heavy atom. The number of nitrogens with one attached hydrogen (secondary N) is 2.